The molecule has 4 nitrogen and oxygen atoms in total. The van der Waals surface area contributed by atoms with E-state index in [1.54, 1.807) is 0 Å². The first-order valence-electron chi connectivity index (χ1n) is 19.4. The summed E-state index contributed by atoms with van der Waals surface area (Å²) in [4.78, 5) is 5.41. The number of aliphatic imine (C=N–C) groups is 1. The van der Waals surface area contributed by atoms with Gasteiger partial charge in [0.2, 0.25) is 0 Å². The SMILES string of the molecule is CC1(C)c2ccccc2-c2ccc(-c3cc(C4N=C(c5ccccc5)NC(c5cccc(-c6ccccc6)c5)N4)cc4c3oc3c5ccccc5ccc43)cc21. The summed E-state index contributed by atoms with van der Waals surface area (Å²) in [5.74, 6) is 0.853. The molecule has 1 aliphatic heterocycles. The second kappa shape index (κ2) is 12.7. The molecule has 2 atom stereocenters. The zero-order valence-corrected chi connectivity index (χ0v) is 31.3. The number of nitrogens with zero attached hydrogens (tertiary/aromatic N) is 1. The van der Waals surface area contributed by atoms with Crippen LogP contribution in [-0.4, -0.2) is 5.84 Å². The van der Waals surface area contributed by atoms with Gasteiger partial charge in [0.15, 0.2) is 0 Å². The van der Waals surface area contributed by atoms with Crippen LogP contribution in [0.25, 0.3) is 66.1 Å². The highest BCUT2D eigenvalue weighted by Crippen LogP contribution is 2.50. The topological polar surface area (TPSA) is 49.6 Å². The van der Waals surface area contributed by atoms with Gasteiger partial charge in [0.1, 0.15) is 29.3 Å². The van der Waals surface area contributed by atoms with E-state index in [-0.39, 0.29) is 17.7 Å². The van der Waals surface area contributed by atoms with Crippen LogP contribution < -0.4 is 10.6 Å². The molecule has 2 heterocycles. The minimum Gasteiger partial charge on any atom is -0.455 e. The number of nitrogens with one attached hydrogen (secondary N) is 2. The Hall–Kier alpha value is -6.75. The predicted molar refractivity (Wildman–Crippen MR) is 231 cm³/mol. The summed E-state index contributed by atoms with van der Waals surface area (Å²) in [7, 11) is 0. The fraction of sp³-hybridized carbons (Fsp3) is 0.0962. The molecule has 0 fully saturated rings. The molecule has 0 spiro atoms. The van der Waals surface area contributed by atoms with Gasteiger partial charge in [-0.15, -0.1) is 0 Å². The van der Waals surface area contributed by atoms with Crippen molar-refractivity contribution < 1.29 is 4.42 Å². The summed E-state index contributed by atoms with van der Waals surface area (Å²) in [6, 6.07) is 63.1. The van der Waals surface area contributed by atoms with Crippen LogP contribution in [0.3, 0.4) is 0 Å². The van der Waals surface area contributed by atoms with E-state index in [9.17, 15) is 0 Å². The summed E-state index contributed by atoms with van der Waals surface area (Å²) in [5, 5.41) is 12.1. The normalized spacial score (nSPS) is 17.1. The van der Waals surface area contributed by atoms with Crippen molar-refractivity contribution >= 4 is 38.5 Å². The van der Waals surface area contributed by atoms with Gasteiger partial charge in [-0.25, -0.2) is 4.99 Å². The molecule has 0 saturated heterocycles. The van der Waals surface area contributed by atoms with Crippen molar-refractivity contribution in [2.75, 3.05) is 0 Å². The second-order valence-corrected chi connectivity index (χ2v) is 15.6. The van der Waals surface area contributed by atoms with Crippen LogP contribution in [0, 0.1) is 0 Å². The van der Waals surface area contributed by atoms with Gasteiger partial charge in [0.25, 0.3) is 0 Å². The highest BCUT2D eigenvalue weighted by atomic mass is 16.3. The maximum absolute atomic E-state index is 6.99. The molecule has 0 amide bonds. The average Bonchev–Trinajstić information content (AvgIpc) is 3.76. The highest BCUT2D eigenvalue weighted by molar-refractivity contribution is 6.17. The Morgan fingerprint density at radius 2 is 1.21 bits per heavy atom. The van der Waals surface area contributed by atoms with E-state index in [0.717, 1.165) is 66.4 Å². The van der Waals surface area contributed by atoms with E-state index in [4.69, 9.17) is 9.41 Å². The molecule has 0 saturated carbocycles. The molecule has 2 unspecified atom stereocenters. The number of rotatable bonds is 5. The fourth-order valence-corrected chi connectivity index (χ4v) is 9.04. The number of benzene rings is 8. The lowest BCUT2D eigenvalue weighted by Crippen LogP contribution is -2.45. The third-order valence-corrected chi connectivity index (χ3v) is 11.9. The van der Waals surface area contributed by atoms with Crippen LogP contribution in [0.15, 0.2) is 185 Å². The Morgan fingerprint density at radius 3 is 2.07 bits per heavy atom. The van der Waals surface area contributed by atoms with Gasteiger partial charge in [0.05, 0.1) is 0 Å². The van der Waals surface area contributed by atoms with Crippen molar-refractivity contribution in [1.82, 2.24) is 10.6 Å². The lowest BCUT2D eigenvalue weighted by Gasteiger charge is -2.32. The molecule has 0 radical (unpaired) electrons. The molecule has 4 heteroatoms. The number of fused-ring (bicyclic) bond motifs is 8. The van der Waals surface area contributed by atoms with E-state index in [1.165, 1.54) is 33.4 Å². The first kappa shape index (κ1) is 32.7. The lowest BCUT2D eigenvalue weighted by atomic mass is 9.81. The number of amidine groups is 1. The average molecular weight is 722 g/mol. The van der Waals surface area contributed by atoms with Crippen molar-refractivity contribution in [3.8, 4) is 33.4 Å². The Bertz CT molecular complexity index is 3010. The molecule has 8 aromatic carbocycles. The first-order valence-corrected chi connectivity index (χ1v) is 19.4. The van der Waals surface area contributed by atoms with Crippen molar-refractivity contribution in [2.45, 2.75) is 31.6 Å². The van der Waals surface area contributed by atoms with Crippen LogP contribution in [0.1, 0.15) is 54.0 Å². The third-order valence-electron chi connectivity index (χ3n) is 11.9. The quantitative estimate of drug-likeness (QED) is 0.186. The third kappa shape index (κ3) is 5.21. The van der Waals surface area contributed by atoms with Gasteiger partial charge < -0.3 is 9.73 Å². The summed E-state index contributed by atoms with van der Waals surface area (Å²) in [5.41, 5.74) is 14.8. The summed E-state index contributed by atoms with van der Waals surface area (Å²) >= 11 is 0. The van der Waals surface area contributed by atoms with Crippen LogP contribution in [-0.2, 0) is 5.41 Å². The smallest absolute Gasteiger partial charge is 0.143 e. The Labute approximate surface area is 326 Å². The molecule has 9 aromatic rings. The molecule has 268 valence electrons. The van der Waals surface area contributed by atoms with Crippen molar-refractivity contribution in [2.24, 2.45) is 4.99 Å². The van der Waals surface area contributed by atoms with E-state index < -0.39 is 0 Å². The number of hydrogen-bond acceptors (Lipinski definition) is 4. The maximum Gasteiger partial charge on any atom is 0.143 e. The van der Waals surface area contributed by atoms with E-state index in [1.807, 2.05) is 6.07 Å². The fourth-order valence-electron chi connectivity index (χ4n) is 9.04. The number of furan rings is 1. The molecule has 2 N–H and O–H groups in total. The van der Waals surface area contributed by atoms with Crippen LogP contribution in [0.4, 0.5) is 0 Å². The molecule has 2 aliphatic rings. The van der Waals surface area contributed by atoms with E-state index in [0.29, 0.717) is 0 Å². The predicted octanol–water partition coefficient (Wildman–Crippen LogP) is 12.7. The second-order valence-electron chi connectivity index (χ2n) is 15.6. The standard InChI is InChI=1S/C52H39N3O/c1-52(2)45-23-12-11-22-40(45)41-26-25-36(31-46(41)52)43-29-38(30-44-42-27-24-33-16-9-10-21-39(33)47(42)56-48(43)44)51-54-49(34-17-7-4-8-18-34)53-50(55-51)37-20-13-19-35(28-37)32-14-5-3-6-15-32/h3-31,50-51,55H,1-2H3,(H,53,54). The van der Waals surface area contributed by atoms with Gasteiger partial charge >= 0.3 is 0 Å². The van der Waals surface area contributed by atoms with Gasteiger partial charge in [-0.3, -0.25) is 5.32 Å². The van der Waals surface area contributed by atoms with Crippen molar-refractivity contribution in [3.05, 3.63) is 204 Å². The van der Waals surface area contributed by atoms with Gasteiger partial charge in [-0.1, -0.05) is 159 Å². The Kier molecular flexibility index (Phi) is 7.38. The summed E-state index contributed by atoms with van der Waals surface area (Å²) in [6.07, 6.45) is -0.541. The van der Waals surface area contributed by atoms with Crippen LogP contribution in [0.5, 0.6) is 0 Å². The maximum atomic E-state index is 6.99. The van der Waals surface area contributed by atoms with Crippen LogP contribution in [0.2, 0.25) is 0 Å². The van der Waals surface area contributed by atoms with Crippen molar-refractivity contribution in [3.63, 3.8) is 0 Å². The van der Waals surface area contributed by atoms with Gasteiger partial charge in [-0.2, -0.15) is 0 Å². The van der Waals surface area contributed by atoms with E-state index in [2.05, 4.69) is 194 Å². The largest absolute Gasteiger partial charge is 0.455 e. The lowest BCUT2D eigenvalue weighted by molar-refractivity contribution is 0.409. The zero-order chi connectivity index (χ0) is 37.4. The highest BCUT2D eigenvalue weighted by Gasteiger charge is 2.36. The molecule has 0 bridgehead atoms. The summed E-state index contributed by atoms with van der Waals surface area (Å²) in [6.45, 7) is 4.68. The van der Waals surface area contributed by atoms with Crippen molar-refractivity contribution in [1.29, 1.82) is 0 Å². The monoisotopic (exact) mass is 721 g/mol. The van der Waals surface area contributed by atoms with E-state index >= 15 is 0 Å². The first-order chi connectivity index (χ1) is 27.5. The Balaban J connectivity index is 1.11. The molecular weight excluding hydrogens is 683 g/mol. The summed E-state index contributed by atoms with van der Waals surface area (Å²) < 4.78 is 6.99. The molecule has 1 aliphatic carbocycles. The molecular formula is C52H39N3O. The molecule has 56 heavy (non-hydrogen) atoms. The molecule has 1 aromatic heterocycles. The van der Waals surface area contributed by atoms with Crippen LogP contribution >= 0.6 is 0 Å². The molecule has 11 rings (SSSR count). The minimum absolute atomic E-state index is 0.129. The Morgan fingerprint density at radius 1 is 0.482 bits per heavy atom. The number of hydrogen-bond donors (Lipinski definition) is 2. The van der Waals surface area contributed by atoms with Gasteiger partial charge in [-0.05, 0) is 85.8 Å². The van der Waals surface area contributed by atoms with Gasteiger partial charge in [0, 0.05) is 32.7 Å². The zero-order valence-electron chi connectivity index (χ0n) is 31.3. The minimum atomic E-state index is -0.347.